The van der Waals surface area contributed by atoms with Crippen LogP contribution < -0.4 is 10.2 Å². The van der Waals surface area contributed by atoms with Gasteiger partial charge in [-0.05, 0) is 48.5 Å². The Bertz CT molecular complexity index is 838. The van der Waals surface area contributed by atoms with Crippen LogP contribution in [0.15, 0.2) is 30.3 Å². The van der Waals surface area contributed by atoms with Gasteiger partial charge in [0, 0.05) is 31.3 Å². The summed E-state index contributed by atoms with van der Waals surface area (Å²) in [5.41, 5.74) is -0.265. The Morgan fingerprint density at radius 1 is 1.27 bits per heavy atom. The molecule has 1 aliphatic heterocycles. The van der Waals surface area contributed by atoms with Gasteiger partial charge in [0.05, 0.1) is 0 Å². The van der Waals surface area contributed by atoms with Crippen LogP contribution in [0.1, 0.15) is 32.0 Å². The maximum Gasteiger partial charge on any atom is 0.333 e. The molecule has 0 radical (unpaired) electrons. The molecule has 9 nitrogen and oxygen atoms in total. The molecule has 2 aromatic rings. The standard InChI is InChI=1S/C20H28N6O3S/c1-3-18(27)26(16-7-5-4-6-8-16)20(10-12-21-13-11-20)19(28)29-15-30-14-9-17-22-23-24-25(17)2/h4-8,21H,3,9-15H2,1-2H3. The summed E-state index contributed by atoms with van der Waals surface area (Å²) >= 11 is 1.50. The summed E-state index contributed by atoms with van der Waals surface area (Å²) in [6.07, 6.45) is 2.03. The van der Waals surface area contributed by atoms with Crippen molar-refractivity contribution in [3.8, 4) is 0 Å². The van der Waals surface area contributed by atoms with Crippen LogP contribution in [0.4, 0.5) is 5.69 Å². The number of hydrogen-bond donors (Lipinski definition) is 1. The number of aryl methyl sites for hydroxylation is 2. The summed E-state index contributed by atoms with van der Waals surface area (Å²) in [6, 6.07) is 9.39. The normalized spacial score (nSPS) is 15.5. The Labute approximate surface area is 180 Å². The monoisotopic (exact) mass is 432 g/mol. The zero-order valence-corrected chi connectivity index (χ0v) is 18.2. The number of piperidine rings is 1. The van der Waals surface area contributed by atoms with Crippen molar-refractivity contribution < 1.29 is 14.3 Å². The predicted octanol–water partition coefficient (Wildman–Crippen LogP) is 1.55. The number of rotatable bonds is 9. The van der Waals surface area contributed by atoms with Crippen LogP contribution in [0.3, 0.4) is 0 Å². The lowest BCUT2D eigenvalue weighted by molar-refractivity contribution is -0.150. The summed E-state index contributed by atoms with van der Waals surface area (Å²) < 4.78 is 7.31. The number of thioether (sulfide) groups is 1. The highest BCUT2D eigenvalue weighted by atomic mass is 32.2. The topological polar surface area (TPSA) is 102 Å². The van der Waals surface area contributed by atoms with Crippen molar-refractivity contribution in [3.63, 3.8) is 0 Å². The molecule has 2 heterocycles. The van der Waals surface area contributed by atoms with E-state index in [1.165, 1.54) is 11.8 Å². The van der Waals surface area contributed by atoms with E-state index in [4.69, 9.17) is 4.74 Å². The molecule has 1 saturated heterocycles. The number of carbonyl (C=O) groups excluding carboxylic acids is 2. The molecule has 1 aromatic heterocycles. The molecule has 0 spiro atoms. The average Bonchev–Trinajstić information content (AvgIpc) is 3.19. The molecule has 1 aromatic carbocycles. The smallest absolute Gasteiger partial charge is 0.333 e. The molecule has 0 saturated carbocycles. The number of nitrogens with one attached hydrogen (secondary N) is 1. The quantitative estimate of drug-likeness (QED) is 0.362. The first kappa shape index (κ1) is 22.2. The van der Waals surface area contributed by atoms with E-state index in [-0.39, 0.29) is 17.8 Å². The third-order valence-electron chi connectivity index (χ3n) is 5.26. The van der Waals surface area contributed by atoms with E-state index in [2.05, 4.69) is 20.8 Å². The maximum atomic E-state index is 13.3. The highest BCUT2D eigenvalue weighted by Gasteiger charge is 2.48. The highest BCUT2D eigenvalue weighted by Crippen LogP contribution is 2.34. The van der Waals surface area contributed by atoms with E-state index in [9.17, 15) is 9.59 Å². The van der Waals surface area contributed by atoms with E-state index < -0.39 is 5.54 Å². The van der Waals surface area contributed by atoms with Gasteiger partial charge in [0.1, 0.15) is 11.5 Å². The first-order valence-electron chi connectivity index (χ1n) is 10.1. The second-order valence-electron chi connectivity index (χ2n) is 7.13. The number of carbonyl (C=O) groups is 2. The molecule has 1 amide bonds. The van der Waals surface area contributed by atoms with Crippen LogP contribution in [0.25, 0.3) is 0 Å². The van der Waals surface area contributed by atoms with Gasteiger partial charge in [-0.25, -0.2) is 9.48 Å². The second-order valence-corrected chi connectivity index (χ2v) is 8.18. The number of benzene rings is 1. The van der Waals surface area contributed by atoms with Crippen molar-refractivity contribution in [3.05, 3.63) is 36.2 Å². The third kappa shape index (κ3) is 4.99. The number of para-hydroxylation sites is 1. The van der Waals surface area contributed by atoms with Crippen LogP contribution >= 0.6 is 11.8 Å². The van der Waals surface area contributed by atoms with Gasteiger partial charge in [-0.1, -0.05) is 25.1 Å². The van der Waals surface area contributed by atoms with E-state index in [1.54, 1.807) is 16.6 Å². The number of ether oxygens (including phenoxy) is 1. The molecular weight excluding hydrogens is 404 g/mol. The lowest BCUT2D eigenvalue weighted by Gasteiger charge is -2.44. The number of amides is 1. The molecule has 1 aliphatic rings. The predicted molar refractivity (Wildman–Crippen MR) is 115 cm³/mol. The molecule has 30 heavy (non-hydrogen) atoms. The highest BCUT2D eigenvalue weighted by molar-refractivity contribution is 7.99. The minimum absolute atomic E-state index is 0.0810. The Hall–Kier alpha value is -2.46. The van der Waals surface area contributed by atoms with Gasteiger partial charge in [-0.15, -0.1) is 16.9 Å². The molecule has 1 fully saturated rings. The minimum atomic E-state index is -0.992. The first-order valence-corrected chi connectivity index (χ1v) is 11.3. The van der Waals surface area contributed by atoms with Crippen molar-refractivity contribution in [2.75, 3.05) is 29.7 Å². The van der Waals surface area contributed by atoms with Crippen molar-refractivity contribution >= 4 is 29.3 Å². The maximum absolute atomic E-state index is 13.3. The summed E-state index contributed by atoms with van der Waals surface area (Å²) in [4.78, 5) is 27.9. The number of aromatic nitrogens is 4. The van der Waals surface area contributed by atoms with Crippen LogP contribution in [0.5, 0.6) is 0 Å². The summed E-state index contributed by atoms with van der Waals surface area (Å²) in [5.74, 6) is 1.31. The van der Waals surface area contributed by atoms with Crippen molar-refractivity contribution in [1.29, 1.82) is 0 Å². The number of tetrazole rings is 1. The van der Waals surface area contributed by atoms with Crippen molar-refractivity contribution in [1.82, 2.24) is 25.5 Å². The number of hydrogen-bond acceptors (Lipinski definition) is 8. The van der Waals surface area contributed by atoms with E-state index in [0.717, 1.165) is 17.3 Å². The van der Waals surface area contributed by atoms with E-state index in [1.807, 2.05) is 37.3 Å². The SMILES string of the molecule is CCC(=O)N(c1ccccc1)C1(C(=O)OCSCCc2nnnn2C)CCNCC1. The molecule has 0 atom stereocenters. The largest absolute Gasteiger partial charge is 0.453 e. The molecule has 10 heteroatoms. The Morgan fingerprint density at radius 3 is 2.63 bits per heavy atom. The molecule has 0 bridgehead atoms. The molecular formula is C20H28N6O3S. The number of nitrogens with zero attached hydrogens (tertiary/aromatic N) is 5. The molecule has 0 aliphatic carbocycles. The first-order chi connectivity index (χ1) is 14.6. The van der Waals surface area contributed by atoms with Crippen molar-refractivity contribution in [2.45, 2.75) is 38.1 Å². The molecule has 1 N–H and O–H groups in total. The van der Waals surface area contributed by atoms with Gasteiger partial charge in [-0.2, -0.15) is 0 Å². The number of anilines is 1. The fourth-order valence-corrected chi connectivity index (χ4v) is 4.27. The molecule has 162 valence electrons. The third-order valence-corrected chi connectivity index (χ3v) is 6.03. The fraction of sp³-hybridized carbons (Fsp3) is 0.550. The van der Waals surface area contributed by atoms with Gasteiger partial charge in [-0.3, -0.25) is 9.69 Å². The minimum Gasteiger partial charge on any atom is -0.453 e. The second kappa shape index (κ2) is 10.5. The van der Waals surface area contributed by atoms with Crippen LogP contribution in [0, 0.1) is 0 Å². The van der Waals surface area contributed by atoms with Gasteiger partial charge in [0.2, 0.25) is 5.91 Å². The Balaban J connectivity index is 1.69. The molecule has 3 rings (SSSR count). The summed E-state index contributed by atoms with van der Waals surface area (Å²) in [6.45, 7) is 3.12. The van der Waals surface area contributed by atoms with Gasteiger partial charge in [0.15, 0.2) is 5.82 Å². The van der Waals surface area contributed by atoms with Gasteiger partial charge in [0.25, 0.3) is 0 Å². The summed E-state index contributed by atoms with van der Waals surface area (Å²) in [5, 5.41) is 14.7. The van der Waals surface area contributed by atoms with Crippen molar-refractivity contribution in [2.24, 2.45) is 7.05 Å². The van der Waals surface area contributed by atoms with Gasteiger partial charge < -0.3 is 10.1 Å². The van der Waals surface area contributed by atoms with Crippen LogP contribution in [-0.2, 0) is 27.8 Å². The van der Waals surface area contributed by atoms with E-state index in [0.29, 0.717) is 38.8 Å². The van der Waals surface area contributed by atoms with Crippen LogP contribution in [0.2, 0.25) is 0 Å². The lowest BCUT2D eigenvalue weighted by Crippen LogP contribution is -2.62. The summed E-state index contributed by atoms with van der Waals surface area (Å²) in [7, 11) is 1.80. The molecule has 0 unspecified atom stereocenters. The average molecular weight is 433 g/mol. The van der Waals surface area contributed by atoms with E-state index >= 15 is 0 Å². The Morgan fingerprint density at radius 2 is 2.00 bits per heavy atom. The lowest BCUT2D eigenvalue weighted by atomic mass is 9.85. The number of esters is 1. The van der Waals surface area contributed by atoms with Crippen LogP contribution in [-0.4, -0.2) is 62.4 Å². The van der Waals surface area contributed by atoms with Gasteiger partial charge >= 0.3 is 5.97 Å². The zero-order valence-electron chi connectivity index (χ0n) is 17.4. The Kier molecular flexibility index (Phi) is 7.81. The zero-order chi connectivity index (χ0) is 21.4. The fourth-order valence-electron chi connectivity index (χ4n) is 3.64.